The lowest BCUT2D eigenvalue weighted by atomic mass is 10.3. The van der Waals surface area contributed by atoms with Crippen molar-refractivity contribution < 1.29 is 17.9 Å². The van der Waals surface area contributed by atoms with Gasteiger partial charge in [0, 0.05) is 11.7 Å². The molecule has 1 rings (SSSR count). The predicted molar refractivity (Wildman–Crippen MR) is 71.2 cm³/mol. The summed E-state index contributed by atoms with van der Waals surface area (Å²) in [5.41, 5.74) is 6.11. The van der Waals surface area contributed by atoms with E-state index in [2.05, 4.69) is 31.0 Å². The third-order valence-electron chi connectivity index (χ3n) is 1.83. The van der Waals surface area contributed by atoms with Gasteiger partial charge in [0.2, 0.25) is 0 Å². The number of anilines is 1. The van der Waals surface area contributed by atoms with Crippen LogP contribution in [0.5, 0.6) is 5.75 Å². The largest absolute Gasteiger partial charge is 0.573 e. The molecule has 0 amide bonds. The zero-order chi connectivity index (χ0) is 14.6. The minimum absolute atomic E-state index is 0.0174. The Bertz CT molecular complexity index is 475. The van der Waals surface area contributed by atoms with Crippen LogP contribution in [-0.4, -0.2) is 18.4 Å². The van der Waals surface area contributed by atoms with Crippen molar-refractivity contribution in [2.45, 2.75) is 26.3 Å². The Morgan fingerprint density at radius 2 is 2.05 bits per heavy atom. The maximum atomic E-state index is 12.1. The van der Waals surface area contributed by atoms with E-state index in [1.165, 1.54) is 18.2 Å². The van der Waals surface area contributed by atoms with Crippen molar-refractivity contribution in [2.75, 3.05) is 5.32 Å². The van der Waals surface area contributed by atoms with Gasteiger partial charge in [-0.2, -0.15) is 0 Å². The topological polar surface area (TPSA) is 59.6 Å². The van der Waals surface area contributed by atoms with Crippen LogP contribution in [0.3, 0.4) is 0 Å². The summed E-state index contributed by atoms with van der Waals surface area (Å²) in [6.45, 7) is 3.70. The summed E-state index contributed by atoms with van der Waals surface area (Å²) in [5, 5.41) is 2.77. The summed E-state index contributed by atoms with van der Waals surface area (Å²) in [4.78, 5) is 4.04. The highest BCUT2D eigenvalue weighted by Gasteiger charge is 2.31. The molecule has 8 heteroatoms. The van der Waals surface area contributed by atoms with Crippen LogP contribution in [0.15, 0.2) is 27.7 Å². The van der Waals surface area contributed by atoms with Crippen molar-refractivity contribution in [1.29, 1.82) is 0 Å². The average Bonchev–Trinajstić information content (AvgIpc) is 2.19. The Morgan fingerprint density at radius 3 is 2.53 bits per heavy atom. The number of guanidine groups is 1. The molecule has 0 saturated carbocycles. The molecule has 4 nitrogen and oxygen atoms in total. The van der Waals surface area contributed by atoms with Crippen molar-refractivity contribution in [2.24, 2.45) is 10.7 Å². The molecule has 1 aromatic carbocycles. The number of nitrogens with two attached hydrogens (primary N) is 1. The Balaban J connectivity index is 2.83. The highest BCUT2D eigenvalue weighted by atomic mass is 79.9. The van der Waals surface area contributed by atoms with E-state index < -0.39 is 6.36 Å². The molecule has 0 aliphatic rings. The standard InChI is InChI=1S/C11H13BrF3N3O/c1-6(2)17-10(16)18-7-3-4-9(8(12)5-7)19-11(13,14)15/h3-6H,1-2H3,(H3,16,17,18). The molecule has 106 valence electrons. The van der Waals surface area contributed by atoms with Crippen LogP contribution in [-0.2, 0) is 0 Å². The fraction of sp³-hybridized carbons (Fsp3) is 0.364. The quantitative estimate of drug-likeness (QED) is 0.654. The molecule has 0 fully saturated rings. The molecule has 0 saturated heterocycles. The summed E-state index contributed by atoms with van der Waals surface area (Å²) in [5.74, 6) is -0.135. The number of ether oxygens (including phenoxy) is 1. The van der Waals surface area contributed by atoms with E-state index in [0.717, 1.165) is 0 Å². The van der Waals surface area contributed by atoms with Gasteiger partial charge in [-0.15, -0.1) is 13.2 Å². The first kappa shape index (κ1) is 15.6. The molecular formula is C11H13BrF3N3O. The molecule has 19 heavy (non-hydrogen) atoms. The van der Waals surface area contributed by atoms with Crippen LogP contribution in [0.1, 0.15) is 13.8 Å². The van der Waals surface area contributed by atoms with E-state index in [0.29, 0.717) is 5.69 Å². The van der Waals surface area contributed by atoms with E-state index >= 15 is 0 Å². The SMILES string of the molecule is CC(C)N=C(N)Nc1ccc(OC(F)(F)F)c(Br)c1. The lowest BCUT2D eigenvalue weighted by Crippen LogP contribution is -2.24. The first-order chi connectivity index (χ1) is 8.67. The van der Waals surface area contributed by atoms with Crippen molar-refractivity contribution in [3.05, 3.63) is 22.7 Å². The molecule has 0 bridgehead atoms. The molecule has 0 aromatic heterocycles. The van der Waals surface area contributed by atoms with Gasteiger partial charge in [-0.25, -0.2) is 0 Å². The number of rotatable bonds is 3. The number of benzene rings is 1. The predicted octanol–water partition coefficient (Wildman–Crippen LogP) is 3.48. The molecule has 0 aliphatic heterocycles. The molecule has 1 aromatic rings. The summed E-state index contributed by atoms with van der Waals surface area (Å²) < 4.78 is 40.2. The van der Waals surface area contributed by atoms with Gasteiger partial charge in [0.1, 0.15) is 5.75 Å². The molecule has 0 heterocycles. The van der Waals surface area contributed by atoms with Gasteiger partial charge in [0.15, 0.2) is 5.96 Å². The first-order valence-electron chi connectivity index (χ1n) is 5.33. The van der Waals surface area contributed by atoms with Gasteiger partial charge in [0.05, 0.1) is 4.47 Å². The van der Waals surface area contributed by atoms with Gasteiger partial charge in [-0.3, -0.25) is 4.99 Å². The molecular weight excluding hydrogens is 327 g/mol. The van der Waals surface area contributed by atoms with Crippen LogP contribution in [0.25, 0.3) is 0 Å². The normalized spacial score (nSPS) is 12.7. The van der Waals surface area contributed by atoms with Gasteiger partial charge in [0.25, 0.3) is 0 Å². The number of hydrogen-bond acceptors (Lipinski definition) is 2. The number of nitrogens with one attached hydrogen (secondary N) is 1. The summed E-state index contributed by atoms with van der Waals surface area (Å²) >= 11 is 2.99. The summed E-state index contributed by atoms with van der Waals surface area (Å²) in [6, 6.07) is 4.03. The first-order valence-corrected chi connectivity index (χ1v) is 6.12. The molecule has 0 radical (unpaired) electrons. The van der Waals surface area contributed by atoms with Crippen molar-refractivity contribution >= 4 is 27.6 Å². The van der Waals surface area contributed by atoms with Gasteiger partial charge >= 0.3 is 6.36 Å². The second-order valence-corrected chi connectivity index (χ2v) is 4.78. The van der Waals surface area contributed by atoms with Crippen LogP contribution < -0.4 is 15.8 Å². The third-order valence-corrected chi connectivity index (χ3v) is 2.45. The second kappa shape index (κ2) is 6.14. The Kier molecular flexibility index (Phi) is 5.04. The van der Waals surface area contributed by atoms with E-state index in [9.17, 15) is 13.2 Å². The van der Waals surface area contributed by atoms with Crippen molar-refractivity contribution in [1.82, 2.24) is 0 Å². The number of halogens is 4. The van der Waals surface area contributed by atoms with Crippen LogP contribution in [0.2, 0.25) is 0 Å². The van der Waals surface area contributed by atoms with Crippen LogP contribution in [0, 0.1) is 0 Å². The number of alkyl halides is 3. The maximum absolute atomic E-state index is 12.1. The van der Waals surface area contributed by atoms with Crippen LogP contribution in [0.4, 0.5) is 18.9 Å². The Hall–Kier alpha value is -1.44. The summed E-state index contributed by atoms with van der Waals surface area (Å²) in [7, 11) is 0. The van der Waals surface area contributed by atoms with E-state index in [-0.39, 0.29) is 22.2 Å². The molecule has 0 atom stereocenters. The second-order valence-electron chi connectivity index (χ2n) is 3.93. The fourth-order valence-electron chi connectivity index (χ4n) is 1.24. The third kappa shape index (κ3) is 5.82. The highest BCUT2D eigenvalue weighted by molar-refractivity contribution is 9.10. The average molecular weight is 340 g/mol. The minimum Gasteiger partial charge on any atom is -0.405 e. The van der Waals surface area contributed by atoms with E-state index in [4.69, 9.17) is 5.73 Å². The van der Waals surface area contributed by atoms with Crippen molar-refractivity contribution in [3.8, 4) is 5.75 Å². The number of hydrogen-bond donors (Lipinski definition) is 2. The molecule has 0 aliphatic carbocycles. The van der Waals surface area contributed by atoms with Gasteiger partial charge in [-0.05, 0) is 48.0 Å². The zero-order valence-electron chi connectivity index (χ0n) is 10.3. The Morgan fingerprint density at radius 1 is 1.42 bits per heavy atom. The van der Waals surface area contributed by atoms with Crippen molar-refractivity contribution in [3.63, 3.8) is 0 Å². The van der Waals surface area contributed by atoms with Gasteiger partial charge in [-0.1, -0.05) is 0 Å². The summed E-state index contributed by atoms with van der Waals surface area (Å²) in [6.07, 6.45) is -4.73. The minimum atomic E-state index is -4.73. The molecule has 3 N–H and O–H groups in total. The lowest BCUT2D eigenvalue weighted by molar-refractivity contribution is -0.274. The maximum Gasteiger partial charge on any atom is 0.573 e. The van der Waals surface area contributed by atoms with E-state index in [1.807, 2.05) is 13.8 Å². The van der Waals surface area contributed by atoms with Crippen LogP contribution >= 0.6 is 15.9 Å². The Labute approximate surface area is 117 Å². The number of nitrogens with zero attached hydrogens (tertiary/aromatic N) is 1. The van der Waals surface area contributed by atoms with E-state index in [1.54, 1.807) is 0 Å². The molecule has 0 spiro atoms. The molecule has 0 unspecified atom stereocenters. The fourth-order valence-corrected chi connectivity index (χ4v) is 1.70. The number of aliphatic imine (C=N–C) groups is 1. The highest BCUT2D eigenvalue weighted by Crippen LogP contribution is 2.32. The lowest BCUT2D eigenvalue weighted by Gasteiger charge is -2.12. The smallest absolute Gasteiger partial charge is 0.405 e. The van der Waals surface area contributed by atoms with Gasteiger partial charge < -0.3 is 15.8 Å². The monoisotopic (exact) mass is 339 g/mol. The zero-order valence-corrected chi connectivity index (χ0v) is 11.8.